The molecule has 2 rings (SSSR count). The summed E-state index contributed by atoms with van der Waals surface area (Å²) >= 11 is 0. The number of azo groups is 1. The third-order valence-electron chi connectivity index (χ3n) is 1.74. The molecule has 1 aromatic rings. The molecule has 0 saturated heterocycles. The van der Waals surface area contributed by atoms with Crippen LogP contribution in [-0.4, -0.2) is 39.3 Å². The number of hydrogen-bond acceptors (Lipinski definition) is 7. The van der Waals surface area contributed by atoms with E-state index in [1.54, 1.807) is 6.92 Å². The Kier molecular flexibility index (Phi) is 2.24. The Bertz CT molecular complexity index is 438. The van der Waals surface area contributed by atoms with Gasteiger partial charge in [-0.2, -0.15) is 19.9 Å². The van der Waals surface area contributed by atoms with Gasteiger partial charge in [-0.3, -0.25) is 4.79 Å². The average molecular weight is 209 g/mol. The summed E-state index contributed by atoms with van der Waals surface area (Å²) in [6.07, 6.45) is 1.17. The number of nitrogens with zero attached hydrogens (tertiary/aromatic N) is 5. The molecular formula is C7H7N5O3. The van der Waals surface area contributed by atoms with Crippen molar-refractivity contribution in [3.05, 3.63) is 6.33 Å². The van der Waals surface area contributed by atoms with E-state index in [2.05, 4.69) is 25.0 Å². The molecule has 1 aliphatic heterocycles. The molecule has 0 aromatic carbocycles. The fourth-order valence-electron chi connectivity index (χ4n) is 1.10. The first-order valence-electron chi connectivity index (χ1n) is 4.25. The van der Waals surface area contributed by atoms with E-state index in [0.29, 0.717) is 0 Å². The van der Waals surface area contributed by atoms with Gasteiger partial charge >= 0.3 is 5.97 Å². The van der Waals surface area contributed by atoms with E-state index in [1.807, 2.05) is 0 Å². The van der Waals surface area contributed by atoms with Gasteiger partial charge in [-0.15, -0.1) is 5.11 Å². The van der Waals surface area contributed by atoms with Crippen LogP contribution in [0.2, 0.25) is 0 Å². The molecule has 15 heavy (non-hydrogen) atoms. The normalized spacial score (nSPS) is 18.7. The molecular weight excluding hydrogens is 202 g/mol. The maximum Gasteiger partial charge on any atom is 0.342 e. The van der Waals surface area contributed by atoms with Gasteiger partial charge in [0.15, 0.2) is 0 Å². The van der Waals surface area contributed by atoms with Crippen molar-refractivity contribution in [2.24, 2.45) is 10.2 Å². The first kappa shape index (κ1) is 9.44. The molecule has 1 aromatic heterocycles. The number of carbonyl (C=O) groups excluding carboxylic acids is 2. The van der Waals surface area contributed by atoms with Crippen molar-refractivity contribution < 1.29 is 14.3 Å². The number of esters is 1. The highest BCUT2D eigenvalue weighted by Gasteiger charge is 2.34. The van der Waals surface area contributed by atoms with Crippen LogP contribution in [0, 0.1) is 0 Å². The summed E-state index contributed by atoms with van der Waals surface area (Å²) in [6, 6.07) is -1.26. The fourth-order valence-corrected chi connectivity index (χ4v) is 1.10. The van der Waals surface area contributed by atoms with Crippen molar-refractivity contribution in [3.8, 4) is 0 Å². The maximum absolute atomic E-state index is 11.6. The van der Waals surface area contributed by atoms with Crippen LogP contribution < -0.4 is 0 Å². The molecule has 0 bridgehead atoms. The minimum atomic E-state index is -1.26. The highest BCUT2D eigenvalue weighted by atomic mass is 16.5. The minimum Gasteiger partial charge on any atom is -0.464 e. The van der Waals surface area contributed by atoms with Gasteiger partial charge in [0.05, 0.1) is 6.61 Å². The summed E-state index contributed by atoms with van der Waals surface area (Å²) in [4.78, 5) is 26.5. The van der Waals surface area contributed by atoms with Crippen LogP contribution in [-0.2, 0) is 9.53 Å². The lowest BCUT2D eigenvalue weighted by molar-refractivity contribution is -0.143. The summed E-state index contributed by atoms with van der Waals surface area (Å²) in [5.41, 5.74) is 0. The number of carbonyl (C=O) groups is 2. The zero-order valence-corrected chi connectivity index (χ0v) is 7.82. The molecule has 2 heterocycles. The fraction of sp³-hybridized carbons (Fsp3) is 0.429. The van der Waals surface area contributed by atoms with E-state index in [4.69, 9.17) is 0 Å². The van der Waals surface area contributed by atoms with Crippen molar-refractivity contribution >= 4 is 17.8 Å². The number of hydrogen-bond donors (Lipinski definition) is 0. The SMILES string of the molecule is CCOC(=O)C1N=Nc2ncnn2C1=O. The molecule has 8 nitrogen and oxygen atoms in total. The Balaban J connectivity index is 2.26. The van der Waals surface area contributed by atoms with Crippen LogP contribution in [0.25, 0.3) is 0 Å². The highest BCUT2D eigenvalue weighted by Crippen LogP contribution is 2.16. The molecule has 0 saturated carbocycles. The van der Waals surface area contributed by atoms with Gasteiger partial charge in [-0.1, -0.05) is 0 Å². The monoisotopic (exact) mass is 209 g/mol. The van der Waals surface area contributed by atoms with Crippen LogP contribution in [0.4, 0.5) is 5.95 Å². The average Bonchev–Trinajstić information content (AvgIpc) is 2.67. The number of ether oxygens (including phenoxy) is 1. The highest BCUT2D eigenvalue weighted by molar-refractivity contribution is 6.04. The second-order valence-electron chi connectivity index (χ2n) is 2.68. The zero-order chi connectivity index (χ0) is 10.8. The Morgan fingerprint density at radius 2 is 2.47 bits per heavy atom. The predicted octanol–water partition coefficient (Wildman–Crippen LogP) is -0.0527. The zero-order valence-electron chi connectivity index (χ0n) is 7.82. The standard InChI is InChI=1S/C7H7N5O3/c1-2-15-6(14)4-5(13)12-7(11-10-4)8-3-9-12/h3-4H,2H2,1H3. The molecule has 0 spiro atoms. The van der Waals surface area contributed by atoms with Gasteiger partial charge in [0, 0.05) is 0 Å². The molecule has 1 aliphatic rings. The quantitative estimate of drug-likeness (QED) is 0.502. The summed E-state index contributed by atoms with van der Waals surface area (Å²) in [5, 5.41) is 10.7. The van der Waals surface area contributed by atoms with E-state index in [-0.39, 0.29) is 12.6 Å². The number of aromatic nitrogens is 3. The predicted molar refractivity (Wildman–Crippen MR) is 45.6 cm³/mol. The molecule has 1 unspecified atom stereocenters. The molecule has 0 fully saturated rings. The molecule has 0 aliphatic carbocycles. The maximum atomic E-state index is 11.6. The number of rotatable bonds is 2. The smallest absolute Gasteiger partial charge is 0.342 e. The molecule has 0 radical (unpaired) electrons. The first-order chi connectivity index (χ1) is 7.24. The third-order valence-corrected chi connectivity index (χ3v) is 1.74. The van der Waals surface area contributed by atoms with Gasteiger partial charge in [0.1, 0.15) is 6.33 Å². The van der Waals surface area contributed by atoms with E-state index in [9.17, 15) is 9.59 Å². The van der Waals surface area contributed by atoms with Gasteiger partial charge in [-0.05, 0) is 6.92 Å². The lowest BCUT2D eigenvalue weighted by Crippen LogP contribution is -2.36. The van der Waals surface area contributed by atoms with Crippen LogP contribution in [0.5, 0.6) is 0 Å². The second-order valence-corrected chi connectivity index (χ2v) is 2.68. The molecule has 0 amide bonds. The largest absolute Gasteiger partial charge is 0.464 e. The van der Waals surface area contributed by atoms with Crippen LogP contribution in [0.1, 0.15) is 11.7 Å². The Morgan fingerprint density at radius 3 is 3.20 bits per heavy atom. The molecule has 0 N–H and O–H groups in total. The van der Waals surface area contributed by atoms with Gasteiger partial charge in [0.2, 0.25) is 6.04 Å². The van der Waals surface area contributed by atoms with Crippen molar-refractivity contribution in [1.29, 1.82) is 0 Å². The Hall–Kier alpha value is -2.12. The van der Waals surface area contributed by atoms with Crippen molar-refractivity contribution in [2.45, 2.75) is 13.0 Å². The summed E-state index contributed by atoms with van der Waals surface area (Å²) in [6.45, 7) is 1.82. The van der Waals surface area contributed by atoms with Crippen molar-refractivity contribution in [3.63, 3.8) is 0 Å². The van der Waals surface area contributed by atoms with Crippen LogP contribution in [0.15, 0.2) is 16.6 Å². The van der Waals surface area contributed by atoms with E-state index in [1.165, 1.54) is 6.33 Å². The molecule has 1 atom stereocenters. The lowest BCUT2D eigenvalue weighted by Gasteiger charge is -2.12. The van der Waals surface area contributed by atoms with Crippen LogP contribution in [0.3, 0.4) is 0 Å². The lowest BCUT2D eigenvalue weighted by atomic mass is 10.3. The summed E-state index contributed by atoms with van der Waals surface area (Å²) < 4.78 is 5.59. The van der Waals surface area contributed by atoms with Crippen molar-refractivity contribution in [2.75, 3.05) is 6.61 Å². The summed E-state index contributed by atoms with van der Waals surface area (Å²) in [5.74, 6) is -1.26. The van der Waals surface area contributed by atoms with Crippen LogP contribution >= 0.6 is 0 Å². The van der Waals surface area contributed by atoms with Crippen molar-refractivity contribution in [1.82, 2.24) is 14.8 Å². The molecule has 8 heteroatoms. The minimum absolute atomic E-state index is 0.0700. The van der Waals surface area contributed by atoms with Gasteiger partial charge in [-0.25, -0.2) is 4.79 Å². The molecule has 78 valence electrons. The Morgan fingerprint density at radius 1 is 1.67 bits per heavy atom. The topological polar surface area (TPSA) is 98.8 Å². The van der Waals surface area contributed by atoms with Gasteiger partial charge in [0.25, 0.3) is 11.9 Å². The Labute approximate surface area is 84.0 Å². The van der Waals surface area contributed by atoms with E-state index < -0.39 is 17.9 Å². The third kappa shape index (κ3) is 1.49. The van der Waals surface area contributed by atoms with Gasteiger partial charge < -0.3 is 4.74 Å². The first-order valence-corrected chi connectivity index (χ1v) is 4.25. The van der Waals surface area contributed by atoms with E-state index in [0.717, 1.165) is 4.68 Å². The summed E-state index contributed by atoms with van der Waals surface area (Å²) in [7, 11) is 0. The second kappa shape index (κ2) is 3.56. The van der Waals surface area contributed by atoms with E-state index >= 15 is 0 Å². The number of fused-ring (bicyclic) bond motifs is 1.